The Morgan fingerprint density at radius 3 is 2.65 bits per heavy atom. The lowest BCUT2D eigenvalue weighted by molar-refractivity contribution is -0.126. The average Bonchev–Trinajstić information content (AvgIpc) is 2.40. The van der Waals surface area contributed by atoms with Gasteiger partial charge in [-0.3, -0.25) is 9.59 Å². The molecule has 0 unspecified atom stereocenters. The minimum absolute atomic E-state index is 0.166. The van der Waals surface area contributed by atoms with Gasteiger partial charge in [0.15, 0.2) is 0 Å². The maximum Gasteiger partial charge on any atom is 0.233 e. The quantitative estimate of drug-likeness (QED) is 0.590. The Morgan fingerprint density at radius 1 is 1.20 bits per heavy atom. The van der Waals surface area contributed by atoms with Crippen LogP contribution in [0.3, 0.4) is 0 Å². The van der Waals surface area contributed by atoms with E-state index in [1.807, 2.05) is 32.0 Å². The number of rotatable bonds is 7. The van der Waals surface area contributed by atoms with E-state index in [0.717, 1.165) is 23.2 Å². The summed E-state index contributed by atoms with van der Waals surface area (Å²) in [6.07, 6.45) is 0.571. The molecule has 0 fully saturated rings. The van der Waals surface area contributed by atoms with Gasteiger partial charge in [0, 0.05) is 25.9 Å². The van der Waals surface area contributed by atoms with Crippen molar-refractivity contribution < 1.29 is 14.3 Å². The molecular weight excluding hydrogens is 256 g/mol. The van der Waals surface area contributed by atoms with E-state index in [0.29, 0.717) is 13.2 Å². The van der Waals surface area contributed by atoms with Crippen molar-refractivity contribution >= 4 is 17.5 Å². The van der Waals surface area contributed by atoms with Crippen LogP contribution in [0.5, 0.6) is 0 Å². The molecule has 5 heteroatoms. The standard InChI is InChI=1S/C15H22N2O3/c1-11-6-4-7-13(12(11)2)17-15(19)10-14(18)16-8-5-9-20-3/h4,6-7H,5,8-10H2,1-3H3,(H,16,18)(H,17,19). The van der Waals surface area contributed by atoms with Crippen LogP contribution >= 0.6 is 0 Å². The monoisotopic (exact) mass is 278 g/mol. The molecule has 0 heterocycles. The maximum atomic E-state index is 11.8. The molecule has 0 saturated carbocycles. The summed E-state index contributed by atoms with van der Waals surface area (Å²) < 4.78 is 4.88. The molecule has 0 atom stereocenters. The summed E-state index contributed by atoms with van der Waals surface area (Å²) in [6, 6.07) is 5.69. The Morgan fingerprint density at radius 2 is 1.95 bits per heavy atom. The zero-order valence-corrected chi connectivity index (χ0v) is 12.3. The van der Waals surface area contributed by atoms with Crippen molar-refractivity contribution in [3.63, 3.8) is 0 Å². The first-order valence-corrected chi connectivity index (χ1v) is 6.66. The van der Waals surface area contributed by atoms with Gasteiger partial charge in [-0.2, -0.15) is 0 Å². The van der Waals surface area contributed by atoms with Crippen LogP contribution in [0.1, 0.15) is 24.0 Å². The zero-order chi connectivity index (χ0) is 15.0. The van der Waals surface area contributed by atoms with Gasteiger partial charge in [-0.1, -0.05) is 12.1 Å². The summed E-state index contributed by atoms with van der Waals surface area (Å²) in [7, 11) is 1.61. The molecule has 1 aromatic rings. The van der Waals surface area contributed by atoms with Crippen molar-refractivity contribution in [2.24, 2.45) is 0 Å². The summed E-state index contributed by atoms with van der Waals surface area (Å²) in [4.78, 5) is 23.3. The maximum absolute atomic E-state index is 11.8. The van der Waals surface area contributed by atoms with Crippen molar-refractivity contribution in [2.45, 2.75) is 26.7 Å². The second-order valence-corrected chi connectivity index (χ2v) is 4.67. The summed E-state index contributed by atoms with van der Waals surface area (Å²) >= 11 is 0. The topological polar surface area (TPSA) is 67.4 Å². The molecule has 1 rings (SSSR count). The molecule has 0 aliphatic carbocycles. The molecular formula is C15H22N2O3. The number of anilines is 1. The van der Waals surface area contributed by atoms with E-state index in [1.54, 1.807) is 7.11 Å². The van der Waals surface area contributed by atoms with Gasteiger partial charge in [0.2, 0.25) is 11.8 Å². The lowest BCUT2D eigenvalue weighted by Gasteiger charge is -2.10. The van der Waals surface area contributed by atoms with Gasteiger partial charge >= 0.3 is 0 Å². The second kappa shape index (κ2) is 8.32. The molecule has 0 spiro atoms. The third kappa shape index (κ3) is 5.40. The van der Waals surface area contributed by atoms with E-state index in [4.69, 9.17) is 4.74 Å². The Kier molecular flexibility index (Phi) is 6.73. The lowest BCUT2D eigenvalue weighted by Crippen LogP contribution is -2.29. The van der Waals surface area contributed by atoms with Crippen LogP contribution in [-0.2, 0) is 14.3 Å². The number of carbonyl (C=O) groups is 2. The number of amides is 2. The highest BCUT2D eigenvalue weighted by molar-refractivity contribution is 6.03. The number of nitrogens with one attached hydrogen (secondary N) is 2. The fourth-order valence-corrected chi connectivity index (χ4v) is 1.73. The highest BCUT2D eigenvalue weighted by Gasteiger charge is 2.10. The number of carbonyl (C=O) groups excluding carboxylic acids is 2. The fraction of sp³-hybridized carbons (Fsp3) is 0.467. The minimum atomic E-state index is -0.303. The molecule has 2 amide bonds. The molecule has 1 aromatic carbocycles. The van der Waals surface area contributed by atoms with Crippen LogP contribution < -0.4 is 10.6 Å². The molecule has 0 radical (unpaired) electrons. The van der Waals surface area contributed by atoms with E-state index >= 15 is 0 Å². The summed E-state index contributed by atoms with van der Waals surface area (Å²) in [6.45, 7) is 5.03. The SMILES string of the molecule is COCCCNC(=O)CC(=O)Nc1cccc(C)c1C. The number of hydrogen-bond acceptors (Lipinski definition) is 3. The van der Waals surface area contributed by atoms with Crippen molar-refractivity contribution in [1.82, 2.24) is 5.32 Å². The first kappa shape index (κ1) is 16.2. The second-order valence-electron chi connectivity index (χ2n) is 4.67. The highest BCUT2D eigenvalue weighted by Crippen LogP contribution is 2.17. The lowest BCUT2D eigenvalue weighted by atomic mass is 10.1. The smallest absolute Gasteiger partial charge is 0.233 e. The summed E-state index contributed by atoms with van der Waals surface area (Å²) in [5.41, 5.74) is 2.87. The molecule has 2 N–H and O–H groups in total. The summed E-state index contributed by atoms with van der Waals surface area (Å²) in [5.74, 6) is -0.577. The van der Waals surface area contributed by atoms with E-state index in [1.165, 1.54) is 0 Å². The molecule has 110 valence electrons. The molecule has 20 heavy (non-hydrogen) atoms. The van der Waals surface area contributed by atoms with Crippen LogP contribution in [0.2, 0.25) is 0 Å². The zero-order valence-electron chi connectivity index (χ0n) is 12.3. The van der Waals surface area contributed by atoms with Gasteiger partial charge in [0.05, 0.1) is 0 Å². The van der Waals surface area contributed by atoms with Crippen LogP contribution in [-0.4, -0.2) is 32.1 Å². The number of methoxy groups -OCH3 is 1. The van der Waals surface area contributed by atoms with Gasteiger partial charge in [-0.15, -0.1) is 0 Å². The largest absolute Gasteiger partial charge is 0.385 e. The average molecular weight is 278 g/mol. The molecule has 0 bridgehead atoms. The van der Waals surface area contributed by atoms with Crippen LogP contribution in [0.15, 0.2) is 18.2 Å². The van der Waals surface area contributed by atoms with Crippen LogP contribution in [0.4, 0.5) is 5.69 Å². The van der Waals surface area contributed by atoms with E-state index in [9.17, 15) is 9.59 Å². The van der Waals surface area contributed by atoms with Gasteiger partial charge in [-0.25, -0.2) is 0 Å². The van der Waals surface area contributed by atoms with Gasteiger partial charge in [-0.05, 0) is 37.5 Å². The first-order valence-electron chi connectivity index (χ1n) is 6.66. The molecule has 5 nitrogen and oxygen atoms in total. The van der Waals surface area contributed by atoms with Gasteiger partial charge in [0.25, 0.3) is 0 Å². The van der Waals surface area contributed by atoms with E-state index in [2.05, 4.69) is 10.6 Å². The predicted molar refractivity (Wildman–Crippen MR) is 78.7 cm³/mol. The van der Waals surface area contributed by atoms with Gasteiger partial charge < -0.3 is 15.4 Å². The Hall–Kier alpha value is -1.88. The molecule has 0 saturated heterocycles. The third-order valence-electron chi connectivity index (χ3n) is 3.05. The Labute approximate surface area is 119 Å². The fourth-order valence-electron chi connectivity index (χ4n) is 1.73. The van der Waals surface area contributed by atoms with Crippen molar-refractivity contribution in [3.8, 4) is 0 Å². The number of aryl methyl sites for hydroxylation is 1. The van der Waals surface area contributed by atoms with Crippen LogP contribution in [0.25, 0.3) is 0 Å². The van der Waals surface area contributed by atoms with E-state index in [-0.39, 0.29) is 18.2 Å². The third-order valence-corrected chi connectivity index (χ3v) is 3.05. The highest BCUT2D eigenvalue weighted by atomic mass is 16.5. The predicted octanol–water partition coefficient (Wildman–Crippen LogP) is 1.78. The van der Waals surface area contributed by atoms with Crippen LogP contribution in [0, 0.1) is 13.8 Å². The molecule has 0 aliphatic rings. The van der Waals surface area contributed by atoms with Crippen molar-refractivity contribution in [1.29, 1.82) is 0 Å². The Bertz CT molecular complexity index is 472. The van der Waals surface area contributed by atoms with Gasteiger partial charge in [0.1, 0.15) is 6.42 Å². The number of ether oxygens (including phenoxy) is 1. The normalized spacial score (nSPS) is 10.2. The summed E-state index contributed by atoms with van der Waals surface area (Å²) in [5, 5.41) is 5.44. The minimum Gasteiger partial charge on any atom is -0.385 e. The van der Waals surface area contributed by atoms with Crippen molar-refractivity contribution in [2.75, 3.05) is 25.6 Å². The molecule has 0 aromatic heterocycles. The number of hydrogen-bond donors (Lipinski definition) is 2. The first-order chi connectivity index (χ1) is 9.54. The Balaban J connectivity index is 2.39. The van der Waals surface area contributed by atoms with E-state index < -0.39 is 0 Å². The molecule has 0 aliphatic heterocycles. The number of benzene rings is 1. The van der Waals surface area contributed by atoms with Crippen molar-refractivity contribution in [3.05, 3.63) is 29.3 Å².